The number of rotatable bonds is 5. The molecule has 106 valence electrons. The molecule has 2 rings (SSSR count). The summed E-state index contributed by atoms with van der Waals surface area (Å²) in [6.07, 6.45) is 1.79. The Bertz CT molecular complexity index is 384. The van der Waals surface area contributed by atoms with Crippen molar-refractivity contribution in [2.24, 2.45) is 0 Å². The van der Waals surface area contributed by atoms with Crippen LogP contribution in [-0.4, -0.2) is 36.4 Å². The summed E-state index contributed by atoms with van der Waals surface area (Å²) in [7, 11) is 0. The minimum absolute atomic E-state index is 0.189. The van der Waals surface area contributed by atoms with Crippen molar-refractivity contribution in [1.82, 2.24) is 5.32 Å². The Balaban J connectivity index is 1.85. The van der Waals surface area contributed by atoms with Crippen LogP contribution >= 0.6 is 0 Å². The zero-order chi connectivity index (χ0) is 13.7. The van der Waals surface area contributed by atoms with Crippen molar-refractivity contribution in [3.63, 3.8) is 0 Å². The molecule has 0 atom stereocenters. The first-order valence-electron chi connectivity index (χ1n) is 7.01. The molecule has 0 saturated carbocycles. The molecule has 1 aromatic carbocycles. The summed E-state index contributed by atoms with van der Waals surface area (Å²) in [6, 6.07) is 7.88. The number of anilines is 1. The predicted molar refractivity (Wildman–Crippen MR) is 77.7 cm³/mol. The second-order valence-electron chi connectivity index (χ2n) is 5.52. The van der Waals surface area contributed by atoms with Gasteiger partial charge in [0.1, 0.15) is 5.75 Å². The lowest BCUT2D eigenvalue weighted by Crippen LogP contribution is -2.46. The highest BCUT2D eigenvalue weighted by Gasteiger charge is 2.28. The maximum Gasteiger partial charge on any atom is 0.119 e. The van der Waals surface area contributed by atoms with E-state index in [-0.39, 0.29) is 6.10 Å². The number of hydrogen-bond acceptors (Lipinski definition) is 4. The summed E-state index contributed by atoms with van der Waals surface area (Å²) >= 11 is 0. The van der Waals surface area contributed by atoms with E-state index in [9.17, 15) is 5.11 Å². The van der Waals surface area contributed by atoms with Gasteiger partial charge in [0.2, 0.25) is 0 Å². The van der Waals surface area contributed by atoms with Gasteiger partial charge in [0, 0.05) is 12.2 Å². The fourth-order valence-electron chi connectivity index (χ4n) is 2.26. The van der Waals surface area contributed by atoms with Gasteiger partial charge in [0.25, 0.3) is 0 Å². The number of ether oxygens (including phenoxy) is 1. The molecule has 0 aromatic heterocycles. The second kappa shape index (κ2) is 6.26. The van der Waals surface area contributed by atoms with E-state index in [2.05, 4.69) is 10.6 Å². The summed E-state index contributed by atoms with van der Waals surface area (Å²) < 4.78 is 5.60. The van der Waals surface area contributed by atoms with Crippen LogP contribution < -0.4 is 15.4 Å². The summed E-state index contributed by atoms with van der Waals surface area (Å²) in [4.78, 5) is 0. The van der Waals surface area contributed by atoms with Crippen LogP contribution in [0, 0.1) is 0 Å². The molecule has 0 unspecified atom stereocenters. The number of benzene rings is 1. The van der Waals surface area contributed by atoms with E-state index in [0.717, 1.165) is 37.4 Å². The molecule has 1 fully saturated rings. The van der Waals surface area contributed by atoms with Crippen LogP contribution in [0.25, 0.3) is 0 Å². The van der Waals surface area contributed by atoms with Crippen molar-refractivity contribution in [1.29, 1.82) is 0 Å². The average Bonchev–Trinajstić information content (AvgIpc) is 2.38. The largest absolute Gasteiger partial charge is 0.491 e. The first-order valence-corrected chi connectivity index (χ1v) is 7.01. The normalized spacial score (nSPS) is 18.3. The highest BCUT2D eigenvalue weighted by atomic mass is 16.5. The van der Waals surface area contributed by atoms with Gasteiger partial charge in [-0.05, 0) is 64.0 Å². The van der Waals surface area contributed by atoms with Crippen LogP contribution in [-0.2, 0) is 0 Å². The van der Waals surface area contributed by atoms with Gasteiger partial charge in [-0.15, -0.1) is 0 Å². The Hall–Kier alpha value is -1.26. The second-order valence-corrected chi connectivity index (χ2v) is 5.52. The minimum atomic E-state index is -0.585. The van der Waals surface area contributed by atoms with E-state index in [1.165, 1.54) is 0 Å². The number of aliphatic hydroxyl groups is 1. The van der Waals surface area contributed by atoms with E-state index < -0.39 is 5.60 Å². The Morgan fingerprint density at radius 2 is 1.89 bits per heavy atom. The van der Waals surface area contributed by atoms with Crippen LogP contribution in [0.2, 0.25) is 0 Å². The van der Waals surface area contributed by atoms with Crippen LogP contribution in [0.15, 0.2) is 24.3 Å². The van der Waals surface area contributed by atoms with Crippen molar-refractivity contribution in [3.8, 4) is 5.75 Å². The lowest BCUT2D eigenvalue weighted by atomic mass is 9.92. The molecule has 3 N–H and O–H groups in total. The molecule has 0 aliphatic carbocycles. The molecular weight excluding hydrogens is 240 g/mol. The lowest BCUT2D eigenvalue weighted by Gasteiger charge is -2.33. The van der Waals surface area contributed by atoms with Crippen molar-refractivity contribution >= 4 is 5.69 Å². The molecule has 0 amide bonds. The molecule has 1 aliphatic heterocycles. The third-order valence-electron chi connectivity index (χ3n) is 3.38. The van der Waals surface area contributed by atoms with Gasteiger partial charge in [-0.1, -0.05) is 0 Å². The van der Waals surface area contributed by atoms with Crippen LogP contribution in [0.5, 0.6) is 5.75 Å². The highest BCUT2D eigenvalue weighted by molar-refractivity contribution is 5.46. The van der Waals surface area contributed by atoms with Crippen LogP contribution in [0.1, 0.15) is 26.7 Å². The zero-order valence-corrected chi connectivity index (χ0v) is 11.8. The van der Waals surface area contributed by atoms with Gasteiger partial charge in [-0.2, -0.15) is 0 Å². The Labute approximate surface area is 115 Å². The van der Waals surface area contributed by atoms with Crippen molar-refractivity contribution in [3.05, 3.63) is 24.3 Å². The standard InChI is InChI=1S/C15H24N2O2/c1-12(2)19-14-5-3-13(4-6-14)17-11-15(18)7-9-16-10-8-15/h3-6,12,16-18H,7-11H2,1-2H3. The Morgan fingerprint density at radius 3 is 2.47 bits per heavy atom. The van der Waals surface area contributed by atoms with Gasteiger partial charge < -0.3 is 20.5 Å². The smallest absolute Gasteiger partial charge is 0.119 e. The molecule has 0 radical (unpaired) electrons. The van der Waals surface area contributed by atoms with Crippen molar-refractivity contribution < 1.29 is 9.84 Å². The third kappa shape index (κ3) is 4.40. The topological polar surface area (TPSA) is 53.5 Å². The van der Waals surface area contributed by atoms with Crippen LogP contribution in [0.3, 0.4) is 0 Å². The lowest BCUT2D eigenvalue weighted by molar-refractivity contribution is 0.0232. The molecule has 4 heteroatoms. The Morgan fingerprint density at radius 1 is 1.26 bits per heavy atom. The summed E-state index contributed by atoms with van der Waals surface area (Å²) in [6.45, 7) is 6.40. The maximum absolute atomic E-state index is 10.4. The predicted octanol–water partition coefficient (Wildman–Crippen LogP) is 2.00. The molecule has 0 spiro atoms. The summed E-state index contributed by atoms with van der Waals surface area (Å²) in [5, 5.41) is 16.9. The van der Waals surface area contributed by atoms with Crippen LogP contribution in [0.4, 0.5) is 5.69 Å². The molecule has 4 nitrogen and oxygen atoms in total. The summed E-state index contributed by atoms with van der Waals surface area (Å²) in [5.74, 6) is 0.876. The quantitative estimate of drug-likeness (QED) is 0.761. The van der Waals surface area contributed by atoms with Crippen molar-refractivity contribution in [2.75, 3.05) is 25.0 Å². The molecule has 1 heterocycles. The Kier molecular flexibility index (Phi) is 4.66. The van der Waals surface area contributed by atoms with E-state index in [1.54, 1.807) is 0 Å². The van der Waals surface area contributed by atoms with E-state index in [1.807, 2.05) is 38.1 Å². The van der Waals surface area contributed by atoms with E-state index >= 15 is 0 Å². The highest BCUT2D eigenvalue weighted by Crippen LogP contribution is 2.21. The number of nitrogens with one attached hydrogen (secondary N) is 2. The van der Waals surface area contributed by atoms with E-state index in [0.29, 0.717) is 6.54 Å². The number of hydrogen-bond donors (Lipinski definition) is 3. The van der Waals surface area contributed by atoms with Gasteiger partial charge in [0.05, 0.1) is 11.7 Å². The van der Waals surface area contributed by atoms with Gasteiger partial charge >= 0.3 is 0 Å². The zero-order valence-electron chi connectivity index (χ0n) is 11.8. The SMILES string of the molecule is CC(C)Oc1ccc(NCC2(O)CCNCC2)cc1. The molecule has 1 aliphatic rings. The monoisotopic (exact) mass is 264 g/mol. The van der Waals surface area contributed by atoms with Gasteiger partial charge in [0.15, 0.2) is 0 Å². The molecule has 0 bridgehead atoms. The van der Waals surface area contributed by atoms with Gasteiger partial charge in [-0.3, -0.25) is 0 Å². The average molecular weight is 264 g/mol. The third-order valence-corrected chi connectivity index (χ3v) is 3.38. The fraction of sp³-hybridized carbons (Fsp3) is 0.600. The van der Waals surface area contributed by atoms with Crippen molar-refractivity contribution in [2.45, 2.75) is 38.4 Å². The first-order chi connectivity index (χ1) is 9.07. The molecule has 19 heavy (non-hydrogen) atoms. The number of piperidine rings is 1. The summed E-state index contributed by atoms with van der Waals surface area (Å²) in [5.41, 5.74) is 0.432. The fourth-order valence-corrected chi connectivity index (χ4v) is 2.26. The van der Waals surface area contributed by atoms with Gasteiger partial charge in [-0.25, -0.2) is 0 Å². The molecular formula is C15H24N2O2. The molecule has 1 aromatic rings. The maximum atomic E-state index is 10.4. The molecule has 1 saturated heterocycles. The van der Waals surface area contributed by atoms with E-state index in [4.69, 9.17) is 4.74 Å². The minimum Gasteiger partial charge on any atom is -0.491 e. The first kappa shape index (κ1) is 14.2.